The van der Waals surface area contributed by atoms with Crippen molar-refractivity contribution >= 4 is 17.9 Å². The van der Waals surface area contributed by atoms with Crippen LogP contribution < -0.4 is 0 Å². The normalized spacial score (nSPS) is 13.0. The molecule has 0 bridgehead atoms. The fourth-order valence-corrected chi connectivity index (χ4v) is 5.36. The molecule has 0 amide bonds. The largest absolute Gasteiger partial charge is 0.466 e. The first-order valence-electron chi connectivity index (χ1n) is 18.1. The van der Waals surface area contributed by atoms with Gasteiger partial charge in [-0.2, -0.15) is 0 Å². The third kappa shape index (κ3) is 27.8. The first kappa shape index (κ1) is 42.3. The molecule has 0 aliphatic carbocycles. The molecule has 0 fully saturated rings. The van der Waals surface area contributed by atoms with Crippen LogP contribution in [0, 0.1) is 0 Å². The van der Waals surface area contributed by atoms with E-state index >= 15 is 0 Å². The Morgan fingerprint density at radius 1 is 0.614 bits per heavy atom. The summed E-state index contributed by atoms with van der Waals surface area (Å²) in [6.45, 7) is 7.27. The number of hydrogen-bond acceptors (Lipinski definition) is 7. The Balaban J connectivity index is 4.28. The Labute approximate surface area is 270 Å². The Morgan fingerprint density at radius 3 is 1.68 bits per heavy atom. The van der Waals surface area contributed by atoms with E-state index in [4.69, 9.17) is 14.2 Å². The maximum absolute atomic E-state index is 12.8. The van der Waals surface area contributed by atoms with Crippen molar-refractivity contribution in [3.63, 3.8) is 0 Å². The molecule has 2 atom stereocenters. The Kier molecular flexibility index (Phi) is 27.7. The lowest BCUT2D eigenvalue weighted by Gasteiger charge is -2.30. The van der Waals surface area contributed by atoms with E-state index in [1.807, 2.05) is 14.1 Å². The fourth-order valence-electron chi connectivity index (χ4n) is 5.36. The second-order valence-electron chi connectivity index (χ2n) is 13.3. The van der Waals surface area contributed by atoms with Gasteiger partial charge in [0.2, 0.25) is 0 Å². The molecule has 8 nitrogen and oxygen atoms in total. The Morgan fingerprint density at radius 2 is 1.11 bits per heavy atom. The summed E-state index contributed by atoms with van der Waals surface area (Å²) >= 11 is 0. The van der Waals surface area contributed by atoms with Crippen LogP contribution in [0.2, 0.25) is 0 Å². The zero-order chi connectivity index (χ0) is 32.9. The number of carbonyl (C=O) groups is 3. The molecule has 0 radical (unpaired) electrons. The number of carbonyl (C=O) groups excluding carboxylic acids is 3. The average Bonchev–Trinajstić information content (AvgIpc) is 2.96. The van der Waals surface area contributed by atoms with E-state index in [0.717, 1.165) is 64.2 Å². The fraction of sp³-hybridized carbons (Fsp3) is 0.917. The van der Waals surface area contributed by atoms with Gasteiger partial charge in [-0.25, -0.2) is 4.79 Å². The van der Waals surface area contributed by atoms with Gasteiger partial charge in [0, 0.05) is 13.3 Å². The highest BCUT2D eigenvalue weighted by Gasteiger charge is 2.27. The summed E-state index contributed by atoms with van der Waals surface area (Å²) in [5.41, 5.74) is 0. The van der Waals surface area contributed by atoms with Crippen LogP contribution in [0.3, 0.4) is 0 Å². The first-order valence-corrected chi connectivity index (χ1v) is 18.1. The number of quaternary nitrogens is 1. The number of esters is 3. The van der Waals surface area contributed by atoms with Gasteiger partial charge >= 0.3 is 17.9 Å². The lowest BCUT2D eigenvalue weighted by atomic mass is 9.99. The molecule has 0 saturated carbocycles. The maximum Gasteiger partial charge on any atom is 0.362 e. The predicted octanol–water partition coefficient (Wildman–Crippen LogP) is 8.06. The summed E-state index contributed by atoms with van der Waals surface area (Å²) in [6.07, 6.45) is 21.9. The summed E-state index contributed by atoms with van der Waals surface area (Å²) in [4.78, 5) is 35.9. The Bertz CT molecular complexity index is 713. The monoisotopic (exact) mass is 629 g/mol. The minimum atomic E-state index is -0.683. The smallest absolute Gasteiger partial charge is 0.362 e. The van der Waals surface area contributed by atoms with Gasteiger partial charge in [-0.1, -0.05) is 117 Å². The number of likely N-dealkylation sites (N-methyl/N-ethyl adjacent to an activating group) is 1. The summed E-state index contributed by atoms with van der Waals surface area (Å²) in [6, 6.07) is 0. The van der Waals surface area contributed by atoms with Crippen molar-refractivity contribution in [3.8, 4) is 0 Å². The standard InChI is InChI=1S/C36H70NO7/c1-6-8-10-12-14-15-20-24-29-43-35(40)27-23-19-16-17-21-25-33(39)34(26-22-18-13-11-9-7-2)44-36(41)31-37(4,5)28-30-42-32(3)38/h33-34,39H,6-31H2,1-5H3/q+1. The number of aliphatic hydroxyl groups is 1. The highest BCUT2D eigenvalue weighted by atomic mass is 16.6. The molecule has 0 aromatic heterocycles. The number of nitrogens with zero attached hydrogens (tertiary/aromatic N) is 1. The number of aliphatic hydroxyl groups excluding tert-OH is 1. The van der Waals surface area contributed by atoms with Crippen molar-refractivity contribution in [2.75, 3.05) is 40.4 Å². The first-order chi connectivity index (χ1) is 21.1. The van der Waals surface area contributed by atoms with Crippen LogP contribution in [0.5, 0.6) is 0 Å². The van der Waals surface area contributed by atoms with E-state index in [0.29, 0.717) is 36.9 Å². The highest BCUT2D eigenvalue weighted by Crippen LogP contribution is 2.19. The van der Waals surface area contributed by atoms with Gasteiger partial charge in [0.15, 0.2) is 6.54 Å². The number of ether oxygens (including phenoxy) is 3. The van der Waals surface area contributed by atoms with Gasteiger partial charge in [-0.15, -0.1) is 0 Å². The van der Waals surface area contributed by atoms with E-state index in [2.05, 4.69) is 13.8 Å². The molecule has 0 aliphatic heterocycles. The molecule has 44 heavy (non-hydrogen) atoms. The summed E-state index contributed by atoms with van der Waals surface area (Å²) < 4.78 is 16.6. The molecule has 0 saturated heterocycles. The molecule has 0 aromatic rings. The Hall–Kier alpha value is -1.67. The molecule has 0 rings (SSSR count). The van der Waals surface area contributed by atoms with Crippen molar-refractivity contribution in [1.29, 1.82) is 0 Å². The lowest BCUT2D eigenvalue weighted by molar-refractivity contribution is -0.883. The molecule has 260 valence electrons. The zero-order valence-electron chi connectivity index (χ0n) is 29.4. The highest BCUT2D eigenvalue weighted by molar-refractivity contribution is 5.71. The minimum absolute atomic E-state index is 0.0871. The molecule has 0 heterocycles. The number of hydrogen-bond donors (Lipinski definition) is 1. The van der Waals surface area contributed by atoms with Crippen molar-refractivity contribution in [1.82, 2.24) is 0 Å². The molecule has 0 aliphatic rings. The third-order valence-corrected chi connectivity index (χ3v) is 8.25. The summed E-state index contributed by atoms with van der Waals surface area (Å²) in [7, 11) is 3.81. The van der Waals surface area contributed by atoms with Crippen molar-refractivity contribution < 1.29 is 38.2 Å². The topological polar surface area (TPSA) is 99.1 Å². The van der Waals surface area contributed by atoms with Crippen LogP contribution in [0.15, 0.2) is 0 Å². The molecular formula is C36H70NO7+. The van der Waals surface area contributed by atoms with Crippen molar-refractivity contribution in [3.05, 3.63) is 0 Å². The van der Waals surface area contributed by atoms with Crippen LogP contribution in [0.25, 0.3) is 0 Å². The molecule has 8 heteroatoms. The van der Waals surface area contributed by atoms with Crippen LogP contribution in [0.1, 0.15) is 162 Å². The minimum Gasteiger partial charge on any atom is -0.466 e. The maximum atomic E-state index is 12.8. The second kappa shape index (κ2) is 28.8. The molecule has 0 aromatic carbocycles. The molecule has 1 N–H and O–H groups in total. The van der Waals surface area contributed by atoms with E-state index in [1.165, 1.54) is 64.7 Å². The van der Waals surface area contributed by atoms with E-state index in [1.54, 1.807) is 0 Å². The van der Waals surface area contributed by atoms with E-state index in [-0.39, 0.29) is 31.1 Å². The van der Waals surface area contributed by atoms with Crippen LogP contribution in [-0.4, -0.2) is 80.1 Å². The van der Waals surface area contributed by atoms with Crippen molar-refractivity contribution in [2.24, 2.45) is 0 Å². The summed E-state index contributed by atoms with van der Waals surface area (Å²) in [5.74, 6) is -0.750. The van der Waals surface area contributed by atoms with Gasteiger partial charge in [0.25, 0.3) is 0 Å². The van der Waals surface area contributed by atoms with Gasteiger partial charge < -0.3 is 23.8 Å². The van der Waals surface area contributed by atoms with Crippen LogP contribution in [-0.2, 0) is 28.6 Å². The molecule has 2 unspecified atom stereocenters. The quantitative estimate of drug-likeness (QED) is 0.0359. The van der Waals surface area contributed by atoms with Gasteiger partial charge in [-0.05, 0) is 32.1 Å². The lowest BCUT2D eigenvalue weighted by Crippen LogP contribution is -2.47. The van der Waals surface area contributed by atoms with Gasteiger partial charge in [-0.3, -0.25) is 9.59 Å². The average molecular weight is 629 g/mol. The van der Waals surface area contributed by atoms with Crippen molar-refractivity contribution in [2.45, 2.75) is 174 Å². The van der Waals surface area contributed by atoms with E-state index in [9.17, 15) is 19.5 Å². The second-order valence-corrected chi connectivity index (χ2v) is 13.3. The van der Waals surface area contributed by atoms with Crippen LogP contribution in [0.4, 0.5) is 0 Å². The predicted molar refractivity (Wildman–Crippen MR) is 178 cm³/mol. The van der Waals surface area contributed by atoms with Gasteiger partial charge in [0.1, 0.15) is 19.3 Å². The SMILES string of the molecule is CCCCCCCCCCOC(=O)CCCCCCCC(O)C(CCCCCCCC)OC(=O)C[N+](C)(C)CCOC(C)=O. The zero-order valence-corrected chi connectivity index (χ0v) is 29.4. The van der Waals surface area contributed by atoms with E-state index < -0.39 is 12.2 Å². The molecular weight excluding hydrogens is 558 g/mol. The number of unbranched alkanes of at least 4 members (excludes halogenated alkanes) is 16. The van der Waals surface area contributed by atoms with Crippen LogP contribution >= 0.6 is 0 Å². The van der Waals surface area contributed by atoms with Gasteiger partial charge in [0.05, 0.1) is 26.8 Å². The number of rotatable bonds is 31. The molecule has 0 spiro atoms. The summed E-state index contributed by atoms with van der Waals surface area (Å²) in [5, 5.41) is 11.0. The third-order valence-electron chi connectivity index (χ3n) is 8.25.